The Labute approximate surface area is 114 Å². The molecule has 0 unspecified atom stereocenters. The average molecular weight is 313 g/mol. The van der Waals surface area contributed by atoms with Crippen LogP contribution in [0, 0.1) is 5.82 Å². The molecule has 1 aliphatic heterocycles. The molecule has 5 heteroatoms. The van der Waals surface area contributed by atoms with E-state index in [4.69, 9.17) is 0 Å². The van der Waals surface area contributed by atoms with E-state index in [1.165, 1.54) is 11.6 Å². The van der Waals surface area contributed by atoms with Crippen molar-refractivity contribution in [2.24, 2.45) is 0 Å². The summed E-state index contributed by atoms with van der Waals surface area (Å²) in [6.07, 6.45) is 2.97. The number of hydrogen-bond donors (Lipinski definition) is 2. The Morgan fingerprint density at radius 2 is 2.33 bits per heavy atom. The van der Waals surface area contributed by atoms with Gasteiger partial charge >= 0.3 is 0 Å². The third kappa shape index (κ3) is 3.17. The number of rotatable bonds is 3. The third-order valence-electron chi connectivity index (χ3n) is 2.82. The molecule has 0 fully saturated rings. The zero-order valence-electron chi connectivity index (χ0n) is 9.80. The van der Waals surface area contributed by atoms with Crippen molar-refractivity contribution in [2.75, 3.05) is 19.6 Å². The van der Waals surface area contributed by atoms with Crippen molar-refractivity contribution < 1.29 is 9.18 Å². The number of carbonyl (C=O) groups excluding carboxylic acids is 1. The standard InChI is InChI=1S/C13H14BrFN2O/c14-10-2-1-3-11(15)12(10)13(18)17-8-9-4-6-16-7-5-9/h1-4,16H,5-8H2,(H,17,18). The molecule has 0 saturated heterocycles. The van der Waals surface area contributed by atoms with Gasteiger partial charge in [-0.05, 0) is 41.0 Å². The summed E-state index contributed by atoms with van der Waals surface area (Å²) < 4.78 is 14.0. The minimum absolute atomic E-state index is 0.0621. The summed E-state index contributed by atoms with van der Waals surface area (Å²) in [5.74, 6) is -0.902. The zero-order chi connectivity index (χ0) is 13.0. The van der Waals surface area contributed by atoms with Gasteiger partial charge in [0.1, 0.15) is 5.82 Å². The van der Waals surface area contributed by atoms with Crippen LogP contribution in [0.25, 0.3) is 0 Å². The van der Waals surface area contributed by atoms with Crippen LogP contribution in [-0.4, -0.2) is 25.5 Å². The summed E-state index contributed by atoms with van der Waals surface area (Å²) in [5, 5.41) is 5.94. The van der Waals surface area contributed by atoms with Gasteiger partial charge in [-0.2, -0.15) is 0 Å². The fraction of sp³-hybridized carbons (Fsp3) is 0.308. The second-order valence-electron chi connectivity index (χ2n) is 4.10. The van der Waals surface area contributed by atoms with Crippen molar-refractivity contribution in [1.82, 2.24) is 10.6 Å². The summed E-state index contributed by atoms with van der Waals surface area (Å²) in [5.41, 5.74) is 1.24. The summed E-state index contributed by atoms with van der Waals surface area (Å²) in [6.45, 7) is 2.22. The van der Waals surface area contributed by atoms with Gasteiger partial charge in [-0.15, -0.1) is 0 Å². The third-order valence-corrected chi connectivity index (χ3v) is 3.48. The Morgan fingerprint density at radius 1 is 1.50 bits per heavy atom. The summed E-state index contributed by atoms with van der Waals surface area (Å²) in [4.78, 5) is 11.9. The van der Waals surface area contributed by atoms with Crippen LogP contribution in [0.15, 0.2) is 34.3 Å². The first-order valence-corrected chi connectivity index (χ1v) is 6.58. The van der Waals surface area contributed by atoms with Gasteiger partial charge in [-0.1, -0.05) is 17.7 Å². The molecular weight excluding hydrogens is 299 g/mol. The topological polar surface area (TPSA) is 41.1 Å². The van der Waals surface area contributed by atoms with E-state index < -0.39 is 5.82 Å². The largest absolute Gasteiger partial charge is 0.348 e. The molecule has 0 aliphatic carbocycles. The maximum absolute atomic E-state index is 13.6. The SMILES string of the molecule is O=C(NCC1=CCNCC1)c1c(F)cccc1Br. The molecule has 3 nitrogen and oxygen atoms in total. The van der Waals surface area contributed by atoms with Crippen LogP contribution in [0.4, 0.5) is 4.39 Å². The lowest BCUT2D eigenvalue weighted by molar-refractivity contribution is 0.0952. The Kier molecular flexibility index (Phi) is 4.49. The zero-order valence-corrected chi connectivity index (χ0v) is 11.4. The minimum atomic E-state index is -0.513. The molecule has 1 amide bonds. The number of halogens is 2. The van der Waals surface area contributed by atoms with Gasteiger partial charge in [0.2, 0.25) is 0 Å². The molecule has 0 saturated carbocycles. The molecule has 1 heterocycles. The van der Waals surface area contributed by atoms with E-state index in [-0.39, 0.29) is 11.5 Å². The summed E-state index contributed by atoms with van der Waals surface area (Å²) in [6, 6.07) is 4.50. The predicted octanol–water partition coefficient (Wildman–Crippen LogP) is 2.24. The number of amides is 1. The molecule has 96 valence electrons. The van der Waals surface area contributed by atoms with Gasteiger partial charge in [0.15, 0.2) is 0 Å². The van der Waals surface area contributed by atoms with Crippen LogP contribution in [0.5, 0.6) is 0 Å². The highest BCUT2D eigenvalue weighted by atomic mass is 79.9. The first-order chi connectivity index (χ1) is 8.68. The molecule has 1 aliphatic rings. The quantitative estimate of drug-likeness (QED) is 0.840. The number of benzene rings is 1. The molecule has 0 spiro atoms. The molecule has 0 atom stereocenters. The van der Waals surface area contributed by atoms with E-state index in [9.17, 15) is 9.18 Å². The van der Waals surface area contributed by atoms with Gasteiger partial charge in [0, 0.05) is 17.6 Å². The maximum atomic E-state index is 13.6. The molecule has 18 heavy (non-hydrogen) atoms. The van der Waals surface area contributed by atoms with E-state index in [2.05, 4.69) is 32.6 Å². The second kappa shape index (κ2) is 6.11. The fourth-order valence-corrected chi connectivity index (χ4v) is 2.35. The van der Waals surface area contributed by atoms with Crippen LogP contribution in [0.1, 0.15) is 16.8 Å². The lowest BCUT2D eigenvalue weighted by atomic mass is 10.1. The minimum Gasteiger partial charge on any atom is -0.348 e. The highest BCUT2D eigenvalue weighted by molar-refractivity contribution is 9.10. The van der Waals surface area contributed by atoms with Crippen LogP contribution in [-0.2, 0) is 0 Å². The molecule has 2 N–H and O–H groups in total. The van der Waals surface area contributed by atoms with Crippen molar-refractivity contribution in [2.45, 2.75) is 6.42 Å². The van der Waals surface area contributed by atoms with Gasteiger partial charge in [-0.3, -0.25) is 4.79 Å². The van der Waals surface area contributed by atoms with E-state index >= 15 is 0 Å². The van der Waals surface area contributed by atoms with Crippen LogP contribution in [0.2, 0.25) is 0 Å². The summed E-state index contributed by atoms with van der Waals surface area (Å²) in [7, 11) is 0. The first-order valence-electron chi connectivity index (χ1n) is 5.79. The Hall–Kier alpha value is -1.20. The van der Waals surface area contributed by atoms with Crippen LogP contribution in [0.3, 0.4) is 0 Å². The first kappa shape index (κ1) is 13.2. The number of hydrogen-bond acceptors (Lipinski definition) is 2. The van der Waals surface area contributed by atoms with Crippen molar-refractivity contribution in [3.05, 3.63) is 45.7 Å². The second-order valence-corrected chi connectivity index (χ2v) is 4.95. The van der Waals surface area contributed by atoms with Crippen molar-refractivity contribution in [1.29, 1.82) is 0 Å². The molecule has 2 rings (SSSR count). The van der Waals surface area contributed by atoms with Gasteiger partial charge < -0.3 is 10.6 Å². The monoisotopic (exact) mass is 312 g/mol. The lowest BCUT2D eigenvalue weighted by Crippen LogP contribution is -2.30. The van der Waals surface area contributed by atoms with Crippen LogP contribution >= 0.6 is 15.9 Å². The normalized spacial score (nSPS) is 15.1. The average Bonchev–Trinajstić information content (AvgIpc) is 2.37. The Balaban J connectivity index is 2.01. The maximum Gasteiger partial charge on any atom is 0.255 e. The van der Waals surface area contributed by atoms with E-state index in [0.717, 1.165) is 19.5 Å². The van der Waals surface area contributed by atoms with Crippen molar-refractivity contribution >= 4 is 21.8 Å². The van der Waals surface area contributed by atoms with Gasteiger partial charge in [0.05, 0.1) is 5.56 Å². The van der Waals surface area contributed by atoms with E-state index in [0.29, 0.717) is 11.0 Å². The smallest absolute Gasteiger partial charge is 0.255 e. The molecule has 0 aromatic heterocycles. The van der Waals surface area contributed by atoms with Crippen molar-refractivity contribution in [3.63, 3.8) is 0 Å². The Morgan fingerprint density at radius 3 is 3.00 bits per heavy atom. The van der Waals surface area contributed by atoms with Gasteiger partial charge in [0.25, 0.3) is 5.91 Å². The number of carbonyl (C=O) groups is 1. The van der Waals surface area contributed by atoms with Gasteiger partial charge in [-0.25, -0.2) is 4.39 Å². The highest BCUT2D eigenvalue weighted by Crippen LogP contribution is 2.19. The summed E-state index contributed by atoms with van der Waals surface area (Å²) >= 11 is 3.19. The molecule has 1 aromatic carbocycles. The van der Waals surface area contributed by atoms with E-state index in [1.807, 2.05) is 0 Å². The molecule has 0 radical (unpaired) electrons. The van der Waals surface area contributed by atoms with E-state index in [1.54, 1.807) is 12.1 Å². The highest BCUT2D eigenvalue weighted by Gasteiger charge is 2.15. The molecule has 1 aromatic rings. The molecule has 0 bridgehead atoms. The predicted molar refractivity (Wildman–Crippen MR) is 72.0 cm³/mol. The number of nitrogens with one attached hydrogen (secondary N) is 2. The Bertz CT molecular complexity index is 468. The fourth-order valence-electron chi connectivity index (χ4n) is 1.83. The molecular formula is C13H14BrFN2O. The van der Waals surface area contributed by atoms with Crippen molar-refractivity contribution in [3.8, 4) is 0 Å². The van der Waals surface area contributed by atoms with Crippen LogP contribution < -0.4 is 10.6 Å². The lowest BCUT2D eigenvalue weighted by Gasteiger charge is -2.15.